The predicted octanol–water partition coefficient (Wildman–Crippen LogP) is 4.91. The van der Waals surface area contributed by atoms with Crippen LogP contribution in [0.15, 0.2) is 70.6 Å². The van der Waals surface area contributed by atoms with Crippen molar-refractivity contribution in [3.05, 3.63) is 71.2 Å². The Morgan fingerprint density at radius 1 is 0.966 bits per heavy atom. The largest absolute Gasteiger partial charge is 0.353 e. The Morgan fingerprint density at radius 3 is 2.52 bits per heavy atom. The number of sulfone groups is 1. The van der Waals surface area contributed by atoms with Crippen molar-refractivity contribution in [1.82, 2.24) is 15.0 Å². The number of rotatable bonds is 4. The highest BCUT2D eigenvalue weighted by molar-refractivity contribution is 9.10. The van der Waals surface area contributed by atoms with Gasteiger partial charge in [-0.3, -0.25) is 15.0 Å². The fraction of sp³-hybridized carbons (Fsp3) is 0.0952. The lowest BCUT2D eigenvalue weighted by molar-refractivity contribution is 0.602. The monoisotopic (exact) mass is 468 g/mol. The molecule has 0 aliphatic heterocycles. The van der Waals surface area contributed by atoms with Crippen LogP contribution in [0.2, 0.25) is 0 Å². The number of halogens is 1. The van der Waals surface area contributed by atoms with E-state index in [2.05, 4.69) is 36.2 Å². The van der Waals surface area contributed by atoms with E-state index < -0.39 is 9.84 Å². The van der Waals surface area contributed by atoms with Gasteiger partial charge in [-0.25, -0.2) is 8.42 Å². The van der Waals surface area contributed by atoms with Gasteiger partial charge in [0.05, 0.1) is 27.8 Å². The van der Waals surface area contributed by atoms with E-state index in [0.29, 0.717) is 16.9 Å². The van der Waals surface area contributed by atoms with Crippen molar-refractivity contribution < 1.29 is 8.42 Å². The number of anilines is 2. The molecule has 6 nitrogen and oxygen atoms in total. The molecule has 0 atom stereocenters. The van der Waals surface area contributed by atoms with E-state index in [-0.39, 0.29) is 4.90 Å². The van der Waals surface area contributed by atoms with Gasteiger partial charge >= 0.3 is 0 Å². The minimum Gasteiger partial charge on any atom is -0.353 e. The number of benzene rings is 2. The molecule has 0 amide bonds. The van der Waals surface area contributed by atoms with Crippen LogP contribution in [-0.4, -0.2) is 29.6 Å². The Bertz CT molecular complexity index is 1340. The number of hydrogen-bond acceptors (Lipinski definition) is 6. The second-order valence-corrected chi connectivity index (χ2v) is 9.58. The molecule has 2 aromatic carbocycles. The van der Waals surface area contributed by atoms with Gasteiger partial charge < -0.3 is 5.32 Å². The zero-order valence-corrected chi connectivity index (χ0v) is 18.1. The zero-order chi connectivity index (χ0) is 20.6. The second-order valence-electron chi connectivity index (χ2n) is 6.68. The molecule has 0 saturated carbocycles. The topological polar surface area (TPSA) is 84.8 Å². The van der Waals surface area contributed by atoms with Crippen LogP contribution in [0, 0.1) is 6.92 Å². The molecule has 1 N–H and O–H groups in total. The average Bonchev–Trinajstić information content (AvgIpc) is 2.67. The standard InChI is InChI=1S/C21H17BrN4O2S/c1-13-9-14(22)3-4-16(13)17-10-15(11-18-21(17)25-8-7-24-18)26-19-12-23-6-5-20(19)29(2,27)28/h3-12,26H,1-2H3. The molecule has 0 aliphatic carbocycles. The quantitative estimate of drug-likeness (QED) is 0.457. The van der Waals surface area contributed by atoms with Crippen molar-refractivity contribution in [2.75, 3.05) is 11.6 Å². The van der Waals surface area contributed by atoms with Crippen molar-refractivity contribution in [2.45, 2.75) is 11.8 Å². The van der Waals surface area contributed by atoms with Crippen LogP contribution in [0.1, 0.15) is 5.56 Å². The predicted molar refractivity (Wildman–Crippen MR) is 118 cm³/mol. The van der Waals surface area contributed by atoms with Crippen LogP contribution in [0.4, 0.5) is 11.4 Å². The smallest absolute Gasteiger partial charge is 0.177 e. The van der Waals surface area contributed by atoms with Crippen molar-refractivity contribution in [2.24, 2.45) is 0 Å². The van der Waals surface area contributed by atoms with Crippen LogP contribution in [0.3, 0.4) is 0 Å². The zero-order valence-electron chi connectivity index (χ0n) is 15.7. The molecule has 8 heteroatoms. The number of hydrogen-bond donors (Lipinski definition) is 1. The molecule has 0 bridgehead atoms. The number of pyridine rings is 1. The van der Waals surface area contributed by atoms with Crippen LogP contribution in [0.25, 0.3) is 22.2 Å². The summed E-state index contributed by atoms with van der Waals surface area (Å²) in [6, 6.07) is 11.3. The van der Waals surface area contributed by atoms with Gasteiger partial charge in [-0.1, -0.05) is 22.0 Å². The molecule has 2 aromatic heterocycles. The third-order valence-corrected chi connectivity index (χ3v) is 6.16. The van der Waals surface area contributed by atoms with E-state index in [1.807, 2.05) is 37.3 Å². The summed E-state index contributed by atoms with van der Waals surface area (Å²) in [6.07, 6.45) is 7.44. The van der Waals surface area contributed by atoms with Gasteiger partial charge in [0.2, 0.25) is 0 Å². The van der Waals surface area contributed by atoms with Gasteiger partial charge in [-0.2, -0.15) is 0 Å². The first kappa shape index (κ1) is 19.5. The lowest BCUT2D eigenvalue weighted by Crippen LogP contribution is -2.03. The summed E-state index contributed by atoms with van der Waals surface area (Å²) in [6.45, 7) is 2.03. The van der Waals surface area contributed by atoms with Crippen molar-refractivity contribution >= 4 is 48.2 Å². The highest BCUT2D eigenvalue weighted by Crippen LogP contribution is 2.34. The summed E-state index contributed by atoms with van der Waals surface area (Å²) in [5.41, 5.74) is 5.62. The molecule has 4 aromatic rings. The lowest BCUT2D eigenvalue weighted by atomic mass is 9.98. The molecule has 2 heterocycles. The number of fused-ring (bicyclic) bond motifs is 1. The molecular formula is C21H17BrN4O2S. The number of nitrogens with zero attached hydrogens (tertiary/aromatic N) is 3. The first-order valence-corrected chi connectivity index (χ1v) is 11.4. The number of aryl methyl sites for hydroxylation is 1. The van der Waals surface area contributed by atoms with E-state index >= 15 is 0 Å². The van der Waals surface area contributed by atoms with Crippen LogP contribution >= 0.6 is 15.9 Å². The van der Waals surface area contributed by atoms with Gasteiger partial charge in [0.25, 0.3) is 0 Å². The van der Waals surface area contributed by atoms with E-state index in [9.17, 15) is 8.42 Å². The van der Waals surface area contributed by atoms with Crippen molar-refractivity contribution in [3.8, 4) is 11.1 Å². The van der Waals surface area contributed by atoms with Gasteiger partial charge in [0.15, 0.2) is 9.84 Å². The average molecular weight is 469 g/mol. The maximum absolute atomic E-state index is 12.1. The minimum atomic E-state index is -3.41. The van der Waals surface area contributed by atoms with Gasteiger partial charge in [0.1, 0.15) is 0 Å². The Morgan fingerprint density at radius 2 is 1.76 bits per heavy atom. The molecule has 4 rings (SSSR count). The molecule has 0 spiro atoms. The lowest BCUT2D eigenvalue weighted by Gasteiger charge is -2.14. The van der Waals surface area contributed by atoms with Gasteiger partial charge in [-0.15, -0.1) is 0 Å². The van der Waals surface area contributed by atoms with Crippen LogP contribution in [0.5, 0.6) is 0 Å². The Balaban J connectivity index is 1.90. The maximum Gasteiger partial charge on any atom is 0.177 e. The molecule has 0 saturated heterocycles. The SMILES string of the molecule is Cc1cc(Br)ccc1-c1cc(Nc2cnccc2S(C)(=O)=O)cc2nccnc12. The third kappa shape index (κ3) is 3.99. The summed E-state index contributed by atoms with van der Waals surface area (Å²) >= 11 is 3.50. The van der Waals surface area contributed by atoms with E-state index in [1.165, 1.54) is 24.7 Å². The summed E-state index contributed by atoms with van der Waals surface area (Å²) in [5.74, 6) is 0. The molecule has 0 fully saturated rings. The first-order valence-electron chi connectivity index (χ1n) is 8.75. The first-order chi connectivity index (χ1) is 13.8. The molecule has 0 radical (unpaired) electrons. The van der Waals surface area contributed by atoms with Gasteiger partial charge in [0, 0.05) is 40.6 Å². The molecule has 0 unspecified atom stereocenters. The van der Waals surface area contributed by atoms with Crippen LogP contribution < -0.4 is 5.32 Å². The van der Waals surface area contributed by atoms with E-state index in [0.717, 1.165) is 26.7 Å². The maximum atomic E-state index is 12.1. The van der Waals surface area contributed by atoms with Crippen molar-refractivity contribution in [3.63, 3.8) is 0 Å². The van der Waals surface area contributed by atoms with Crippen molar-refractivity contribution in [1.29, 1.82) is 0 Å². The highest BCUT2D eigenvalue weighted by atomic mass is 79.9. The summed E-state index contributed by atoms with van der Waals surface area (Å²) in [7, 11) is -3.41. The molecule has 29 heavy (non-hydrogen) atoms. The normalized spacial score (nSPS) is 11.6. The fourth-order valence-electron chi connectivity index (χ4n) is 3.24. The summed E-state index contributed by atoms with van der Waals surface area (Å²) in [4.78, 5) is 13.2. The molecule has 146 valence electrons. The number of nitrogens with one attached hydrogen (secondary N) is 1. The Hall–Kier alpha value is -2.84. The second kappa shape index (κ2) is 7.53. The molecule has 0 aliphatic rings. The van der Waals surface area contributed by atoms with E-state index in [4.69, 9.17) is 0 Å². The summed E-state index contributed by atoms with van der Waals surface area (Å²) < 4.78 is 25.3. The summed E-state index contributed by atoms with van der Waals surface area (Å²) in [5, 5.41) is 3.19. The third-order valence-electron chi connectivity index (χ3n) is 4.51. The van der Waals surface area contributed by atoms with Gasteiger partial charge in [-0.05, 0) is 48.4 Å². The Labute approximate surface area is 177 Å². The number of aromatic nitrogens is 3. The highest BCUT2D eigenvalue weighted by Gasteiger charge is 2.15. The minimum absolute atomic E-state index is 0.188. The molecular weight excluding hydrogens is 452 g/mol. The fourth-order valence-corrected chi connectivity index (χ4v) is 4.52. The van der Waals surface area contributed by atoms with Crippen LogP contribution in [-0.2, 0) is 9.84 Å². The Kier molecular flexibility index (Phi) is 5.06. The van der Waals surface area contributed by atoms with E-state index in [1.54, 1.807) is 12.4 Å².